The van der Waals surface area contributed by atoms with Gasteiger partial charge in [-0.25, -0.2) is 0 Å². The molecule has 2 amide bonds. The van der Waals surface area contributed by atoms with Gasteiger partial charge >= 0.3 is 0 Å². The van der Waals surface area contributed by atoms with Crippen molar-refractivity contribution in [1.29, 1.82) is 5.26 Å². The Morgan fingerprint density at radius 3 is 2.79 bits per heavy atom. The zero-order chi connectivity index (χ0) is 21.0. The van der Waals surface area contributed by atoms with Crippen LogP contribution in [0.3, 0.4) is 0 Å². The average Bonchev–Trinajstić information content (AvgIpc) is 3.06. The van der Waals surface area contributed by atoms with Crippen LogP contribution in [0.4, 0.5) is 5.69 Å². The van der Waals surface area contributed by atoms with Crippen LogP contribution >= 0.6 is 0 Å². The number of aromatic nitrogens is 1. The van der Waals surface area contributed by atoms with E-state index >= 15 is 0 Å². The topological polar surface area (TPSA) is 106 Å². The van der Waals surface area contributed by atoms with Crippen molar-refractivity contribution in [3.05, 3.63) is 62.6 Å². The number of rotatable bonds is 6. The number of likely N-dealkylation sites (tertiary alicyclic amines) is 1. The van der Waals surface area contributed by atoms with Crippen molar-refractivity contribution in [1.82, 2.24) is 9.88 Å². The van der Waals surface area contributed by atoms with Crippen LogP contribution < -0.4 is 10.9 Å². The van der Waals surface area contributed by atoms with E-state index in [1.165, 1.54) is 0 Å². The molecule has 2 aromatic rings. The largest absolute Gasteiger partial charge is 0.338 e. The minimum atomic E-state index is -0.399. The average molecular weight is 392 g/mol. The second-order valence-corrected chi connectivity index (χ2v) is 7.34. The molecule has 1 aliphatic rings. The highest BCUT2D eigenvalue weighted by Gasteiger charge is 2.20. The lowest BCUT2D eigenvalue weighted by atomic mass is 9.99. The molecule has 1 fully saturated rings. The van der Waals surface area contributed by atoms with E-state index in [-0.39, 0.29) is 23.8 Å². The Morgan fingerprint density at radius 1 is 1.31 bits per heavy atom. The molecule has 150 valence electrons. The monoisotopic (exact) mass is 392 g/mol. The van der Waals surface area contributed by atoms with Gasteiger partial charge in [0, 0.05) is 37.3 Å². The Bertz CT molecular complexity index is 1050. The van der Waals surface area contributed by atoms with Gasteiger partial charge in [-0.2, -0.15) is 5.26 Å². The molecule has 29 heavy (non-hydrogen) atoms. The normalized spacial score (nSPS) is 13.4. The molecule has 0 spiro atoms. The van der Waals surface area contributed by atoms with Gasteiger partial charge in [-0.15, -0.1) is 0 Å². The minimum absolute atomic E-state index is 0.0927. The summed E-state index contributed by atoms with van der Waals surface area (Å²) in [5.41, 5.74) is 3.47. The molecule has 0 saturated carbocycles. The maximum absolute atomic E-state index is 12.4. The number of nitrogens with one attached hydrogen (secondary N) is 2. The number of pyridine rings is 1. The molecule has 7 nitrogen and oxygen atoms in total. The molecular formula is C22H24N4O3. The maximum atomic E-state index is 12.4. The van der Waals surface area contributed by atoms with Crippen LogP contribution in [-0.4, -0.2) is 28.2 Å². The van der Waals surface area contributed by atoms with Gasteiger partial charge < -0.3 is 15.2 Å². The van der Waals surface area contributed by atoms with Crippen molar-refractivity contribution >= 4 is 17.5 Å². The maximum Gasteiger partial charge on any atom is 0.266 e. The van der Waals surface area contributed by atoms with Crippen LogP contribution in [0.5, 0.6) is 0 Å². The summed E-state index contributed by atoms with van der Waals surface area (Å²) >= 11 is 0. The minimum Gasteiger partial charge on any atom is -0.338 e. The summed E-state index contributed by atoms with van der Waals surface area (Å²) in [6, 6.07) is 9.43. The molecule has 0 atom stereocenters. The number of aryl methyl sites for hydroxylation is 1. The van der Waals surface area contributed by atoms with E-state index in [4.69, 9.17) is 5.26 Å². The molecule has 0 radical (unpaired) electrons. The first-order chi connectivity index (χ1) is 13.9. The van der Waals surface area contributed by atoms with Crippen LogP contribution in [0, 0.1) is 25.2 Å². The van der Waals surface area contributed by atoms with Gasteiger partial charge in [0.2, 0.25) is 11.8 Å². The summed E-state index contributed by atoms with van der Waals surface area (Å²) in [5.74, 6) is 0.0192. The van der Waals surface area contributed by atoms with Crippen molar-refractivity contribution in [2.45, 2.75) is 46.1 Å². The number of carbonyl (C=O) groups excluding carboxylic acids is 2. The van der Waals surface area contributed by atoms with E-state index in [9.17, 15) is 14.4 Å². The molecule has 3 rings (SSSR count). The fourth-order valence-corrected chi connectivity index (χ4v) is 3.72. The van der Waals surface area contributed by atoms with Gasteiger partial charge in [-0.3, -0.25) is 14.4 Å². The summed E-state index contributed by atoms with van der Waals surface area (Å²) in [6.45, 7) is 4.83. The van der Waals surface area contributed by atoms with E-state index in [1.54, 1.807) is 13.8 Å². The van der Waals surface area contributed by atoms with E-state index < -0.39 is 5.56 Å². The molecule has 1 aromatic heterocycles. The lowest BCUT2D eigenvalue weighted by Gasteiger charge is -2.16. The number of nitriles is 1. The molecule has 1 saturated heterocycles. The number of anilines is 1. The third kappa shape index (κ3) is 4.72. The summed E-state index contributed by atoms with van der Waals surface area (Å²) in [6.07, 6.45) is 2.16. The first-order valence-corrected chi connectivity index (χ1v) is 9.68. The van der Waals surface area contributed by atoms with Crippen molar-refractivity contribution in [3.63, 3.8) is 0 Å². The number of hydrogen-bond donors (Lipinski definition) is 2. The molecule has 1 aromatic carbocycles. The third-order valence-electron chi connectivity index (χ3n) is 5.28. The summed E-state index contributed by atoms with van der Waals surface area (Å²) in [4.78, 5) is 40.5. The van der Waals surface area contributed by atoms with Gasteiger partial charge in [-0.1, -0.05) is 12.1 Å². The standard InChI is InChI=1S/C22H24N4O3/c1-14-18(15(2)24-22(29)19(14)12-23)8-9-20(27)25-17-6-3-5-16(11-17)13-26-10-4-7-21(26)28/h3,5-6,11H,4,7-10,13H2,1-2H3,(H,24,29)(H,25,27). The van der Waals surface area contributed by atoms with Gasteiger partial charge in [0.15, 0.2) is 0 Å². The van der Waals surface area contributed by atoms with Crippen LogP contribution in [0.1, 0.15) is 47.2 Å². The molecule has 0 unspecified atom stereocenters. The Morgan fingerprint density at radius 2 is 2.10 bits per heavy atom. The quantitative estimate of drug-likeness (QED) is 0.788. The molecule has 7 heteroatoms. The summed E-state index contributed by atoms with van der Waals surface area (Å²) in [7, 11) is 0. The fourth-order valence-electron chi connectivity index (χ4n) is 3.72. The Balaban J connectivity index is 1.63. The second kappa shape index (κ2) is 8.74. The number of benzene rings is 1. The SMILES string of the molecule is Cc1[nH]c(=O)c(C#N)c(C)c1CCC(=O)Nc1cccc(CN2CCCC2=O)c1. The third-order valence-corrected chi connectivity index (χ3v) is 5.28. The molecule has 1 aliphatic heterocycles. The zero-order valence-electron chi connectivity index (χ0n) is 16.7. The van der Waals surface area contributed by atoms with Gasteiger partial charge in [-0.05, 0) is 55.5 Å². The zero-order valence-corrected chi connectivity index (χ0v) is 16.7. The molecule has 0 bridgehead atoms. The van der Waals surface area contributed by atoms with E-state index in [0.29, 0.717) is 36.3 Å². The van der Waals surface area contributed by atoms with Crippen molar-refractivity contribution in [2.24, 2.45) is 0 Å². The van der Waals surface area contributed by atoms with Crippen molar-refractivity contribution in [3.8, 4) is 6.07 Å². The summed E-state index contributed by atoms with van der Waals surface area (Å²) in [5, 5.41) is 12.0. The van der Waals surface area contributed by atoms with Crippen LogP contribution in [0.2, 0.25) is 0 Å². The number of amides is 2. The molecule has 2 N–H and O–H groups in total. The Kier molecular flexibility index (Phi) is 6.13. The highest BCUT2D eigenvalue weighted by atomic mass is 16.2. The van der Waals surface area contributed by atoms with Crippen LogP contribution in [0.15, 0.2) is 29.1 Å². The summed E-state index contributed by atoms with van der Waals surface area (Å²) < 4.78 is 0. The number of aromatic amines is 1. The number of nitrogens with zero attached hydrogens (tertiary/aromatic N) is 2. The molecule has 0 aliphatic carbocycles. The highest BCUT2D eigenvalue weighted by molar-refractivity contribution is 5.91. The highest BCUT2D eigenvalue weighted by Crippen LogP contribution is 2.18. The lowest BCUT2D eigenvalue weighted by molar-refractivity contribution is -0.128. The number of H-pyrrole nitrogens is 1. The van der Waals surface area contributed by atoms with Crippen LogP contribution in [0.25, 0.3) is 0 Å². The fraction of sp³-hybridized carbons (Fsp3) is 0.364. The number of carbonyl (C=O) groups is 2. The Labute approximate surface area is 169 Å². The number of hydrogen-bond acceptors (Lipinski definition) is 4. The van der Waals surface area contributed by atoms with E-state index in [1.807, 2.05) is 35.2 Å². The van der Waals surface area contributed by atoms with E-state index in [2.05, 4.69) is 10.3 Å². The van der Waals surface area contributed by atoms with Crippen molar-refractivity contribution < 1.29 is 9.59 Å². The predicted octanol–water partition coefficient (Wildman–Crippen LogP) is 2.56. The predicted molar refractivity (Wildman–Crippen MR) is 109 cm³/mol. The molecular weight excluding hydrogens is 368 g/mol. The smallest absolute Gasteiger partial charge is 0.266 e. The van der Waals surface area contributed by atoms with Gasteiger partial charge in [0.1, 0.15) is 11.6 Å². The second-order valence-electron chi connectivity index (χ2n) is 7.34. The Hall–Kier alpha value is -3.40. The molecule has 2 heterocycles. The first kappa shape index (κ1) is 20.3. The first-order valence-electron chi connectivity index (χ1n) is 9.68. The lowest BCUT2D eigenvalue weighted by Crippen LogP contribution is -2.23. The van der Waals surface area contributed by atoms with Gasteiger partial charge in [0.05, 0.1) is 0 Å². The van der Waals surface area contributed by atoms with Gasteiger partial charge in [0.25, 0.3) is 5.56 Å². The van der Waals surface area contributed by atoms with E-state index in [0.717, 1.165) is 24.1 Å². The van der Waals surface area contributed by atoms with Crippen LogP contribution in [-0.2, 0) is 22.6 Å². The van der Waals surface area contributed by atoms with Crippen molar-refractivity contribution in [2.75, 3.05) is 11.9 Å².